The maximum Gasteiger partial charge on any atom is 0.407 e. The Bertz CT molecular complexity index is 2310. The zero-order valence-corrected chi connectivity index (χ0v) is 37.1. The van der Waals surface area contributed by atoms with Gasteiger partial charge < -0.3 is 34.7 Å². The number of alkyl carbamates (subject to hydrolysis) is 1. The first-order valence-corrected chi connectivity index (χ1v) is 22.5. The Kier molecular flexibility index (Phi) is 12.6. The lowest BCUT2D eigenvalue weighted by molar-refractivity contribution is -0.137. The molecule has 5 aromatic rings. The first-order valence-electron chi connectivity index (χ1n) is 22.5. The van der Waals surface area contributed by atoms with Gasteiger partial charge in [-0.3, -0.25) is 9.59 Å². The number of hydrogen-bond acceptors (Lipinski definition) is 7. The quantitative estimate of drug-likeness (QED) is 0.102. The maximum atomic E-state index is 13.7. The molecule has 3 saturated heterocycles. The van der Waals surface area contributed by atoms with Crippen LogP contribution in [0.5, 0.6) is 0 Å². The lowest BCUT2D eigenvalue weighted by Crippen LogP contribution is -2.58. The number of methoxy groups -OCH3 is 1. The molecule has 3 aliphatic rings. The maximum absolute atomic E-state index is 13.7. The smallest absolute Gasteiger partial charge is 0.407 e. The van der Waals surface area contributed by atoms with Gasteiger partial charge in [0, 0.05) is 43.2 Å². The molecule has 326 valence electrons. The molecule has 0 spiro atoms. The van der Waals surface area contributed by atoms with Crippen LogP contribution in [0.25, 0.3) is 22.5 Å². The second-order valence-corrected chi connectivity index (χ2v) is 18.6. The second-order valence-electron chi connectivity index (χ2n) is 18.6. The van der Waals surface area contributed by atoms with Gasteiger partial charge in [-0.05, 0) is 84.7 Å². The van der Waals surface area contributed by atoms with E-state index in [9.17, 15) is 14.4 Å². The number of hydrogen-bond donors (Lipinski definition) is 3. The normalized spacial score (nSPS) is 19.5. The van der Waals surface area contributed by atoms with Crippen LogP contribution in [0.15, 0.2) is 91.3 Å². The summed E-state index contributed by atoms with van der Waals surface area (Å²) < 4.78 is 4.80. The van der Waals surface area contributed by atoms with Crippen LogP contribution in [0.1, 0.15) is 95.2 Å². The Morgan fingerprint density at radius 1 is 0.710 bits per heavy atom. The number of benzene rings is 3. The van der Waals surface area contributed by atoms with Crippen molar-refractivity contribution in [3.63, 3.8) is 0 Å². The molecule has 3 aliphatic heterocycles. The summed E-state index contributed by atoms with van der Waals surface area (Å²) in [5, 5.41) is 2.73. The van der Waals surface area contributed by atoms with Gasteiger partial charge in [0.2, 0.25) is 11.8 Å². The van der Waals surface area contributed by atoms with Crippen LogP contribution in [0.2, 0.25) is 0 Å². The number of imidazole rings is 2. The first kappa shape index (κ1) is 42.8. The number of ether oxygens (including phenoxy) is 1. The van der Waals surface area contributed by atoms with Gasteiger partial charge in [-0.15, -0.1) is 0 Å². The highest BCUT2D eigenvalue weighted by Gasteiger charge is 2.43. The van der Waals surface area contributed by atoms with Crippen molar-refractivity contribution >= 4 is 23.6 Å². The highest BCUT2D eigenvalue weighted by molar-refractivity contribution is 5.86. The molecule has 3 amide bonds. The van der Waals surface area contributed by atoms with E-state index in [-0.39, 0.29) is 41.1 Å². The second kappa shape index (κ2) is 18.2. The number of amides is 3. The number of H-pyrrole nitrogens is 2. The minimum Gasteiger partial charge on any atom is -0.453 e. The minimum atomic E-state index is -0.676. The molecular formula is C50H62N8O4. The van der Waals surface area contributed by atoms with Crippen LogP contribution in [-0.2, 0) is 27.2 Å². The summed E-state index contributed by atoms with van der Waals surface area (Å²) in [5.74, 6) is 1.93. The van der Waals surface area contributed by atoms with Crippen molar-refractivity contribution in [1.29, 1.82) is 0 Å². The fourth-order valence-corrected chi connectivity index (χ4v) is 9.70. The highest BCUT2D eigenvalue weighted by Crippen LogP contribution is 2.41. The number of nitrogens with one attached hydrogen (secondary N) is 3. The van der Waals surface area contributed by atoms with E-state index in [1.807, 2.05) is 43.0 Å². The predicted molar refractivity (Wildman–Crippen MR) is 242 cm³/mol. The summed E-state index contributed by atoms with van der Waals surface area (Å²) in [6.45, 7) is 13.4. The number of para-hydroxylation sites is 1. The van der Waals surface area contributed by atoms with E-state index in [4.69, 9.17) is 14.7 Å². The number of nitrogens with zero attached hydrogens (tertiary/aromatic N) is 5. The molecule has 3 N–H and O–H groups in total. The van der Waals surface area contributed by atoms with Crippen molar-refractivity contribution in [2.45, 2.75) is 91.3 Å². The minimum absolute atomic E-state index is 0.00390. The molecule has 1 unspecified atom stereocenters. The van der Waals surface area contributed by atoms with Crippen LogP contribution in [-0.4, -0.2) is 87.0 Å². The Balaban J connectivity index is 0.949. The van der Waals surface area contributed by atoms with Crippen LogP contribution in [0, 0.1) is 23.2 Å². The number of rotatable bonds is 14. The van der Waals surface area contributed by atoms with E-state index in [0.717, 1.165) is 92.3 Å². The molecule has 3 aromatic carbocycles. The SMILES string of the molecule is COC(=O)N[C@H](C(=O)N1CCCC1c1ncc(-c2ccc(CC3(Cc4ccc(-c5cnc([C@@H]6CCCN6C(=O)[C@@H](C)C(C)C)[nH]5)cc4)CN(c4ccccc4)C3)cc2)[nH]1)C(C)C. The lowest BCUT2D eigenvalue weighted by atomic mass is 9.70. The molecule has 8 rings (SSSR count). The van der Waals surface area contributed by atoms with E-state index in [2.05, 4.69) is 113 Å². The first-order chi connectivity index (χ1) is 29.9. The monoisotopic (exact) mass is 838 g/mol. The number of aromatic nitrogens is 4. The van der Waals surface area contributed by atoms with E-state index in [1.54, 1.807) is 0 Å². The van der Waals surface area contributed by atoms with Crippen LogP contribution >= 0.6 is 0 Å². The molecule has 0 aliphatic carbocycles. The van der Waals surface area contributed by atoms with Crippen LogP contribution < -0.4 is 10.2 Å². The van der Waals surface area contributed by atoms with Gasteiger partial charge in [0.1, 0.15) is 17.7 Å². The largest absolute Gasteiger partial charge is 0.453 e. The van der Waals surface area contributed by atoms with Gasteiger partial charge in [0.15, 0.2) is 0 Å². The molecule has 0 radical (unpaired) electrons. The summed E-state index contributed by atoms with van der Waals surface area (Å²) in [6.07, 6.45) is 8.65. The molecule has 12 heteroatoms. The van der Waals surface area contributed by atoms with Crippen molar-refractivity contribution in [2.75, 3.05) is 38.2 Å². The third-order valence-corrected chi connectivity index (χ3v) is 13.5. The standard InChI is InChI=1S/C50H62N8O4/c1-32(2)34(5)47(59)57-24-10-14-42(57)45-51-28-40(53-45)37-20-16-35(17-21-37)26-50(30-56(31-50)39-12-8-7-9-13-39)27-36-18-22-38(23-19-36)41-29-52-46(54-41)43-15-11-25-58(43)48(60)44(33(3)4)55-49(61)62-6/h7-9,12-13,16-23,28-29,32-34,42-44H,10-11,14-15,24-27,30-31H2,1-6H3,(H,51,53)(H,52,54)(H,55,61)/t34-,42-,43?,44-/m0/s1. The van der Waals surface area contributed by atoms with Gasteiger partial charge in [-0.2, -0.15) is 0 Å². The van der Waals surface area contributed by atoms with E-state index in [1.165, 1.54) is 23.9 Å². The Morgan fingerprint density at radius 2 is 1.21 bits per heavy atom. The molecular weight excluding hydrogens is 777 g/mol. The summed E-state index contributed by atoms with van der Waals surface area (Å²) in [5.41, 5.74) is 7.92. The van der Waals surface area contributed by atoms with E-state index >= 15 is 0 Å². The molecule has 12 nitrogen and oxygen atoms in total. The third kappa shape index (κ3) is 9.01. The topological polar surface area (TPSA) is 140 Å². The number of aromatic amines is 2. The fourth-order valence-electron chi connectivity index (χ4n) is 9.70. The van der Waals surface area contributed by atoms with Gasteiger partial charge in [-0.1, -0.05) is 101 Å². The Hall–Kier alpha value is -5.91. The van der Waals surface area contributed by atoms with E-state index < -0.39 is 12.1 Å². The number of anilines is 1. The lowest BCUT2D eigenvalue weighted by Gasteiger charge is -2.52. The van der Waals surface area contributed by atoms with Crippen molar-refractivity contribution in [2.24, 2.45) is 23.2 Å². The average molecular weight is 839 g/mol. The summed E-state index contributed by atoms with van der Waals surface area (Å²) in [4.78, 5) is 62.0. The molecule has 4 atom stereocenters. The Labute approximate surface area is 365 Å². The van der Waals surface area contributed by atoms with Gasteiger partial charge in [0.25, 0.3) is 0 Å². The average Bonchev–Trinajstić information content (AvgIpc) is 4.12. The van der Waals surface area contributed by atoms with Gasteiger partial charge in [-0.25, -0.2) is 14.8 Å². The molecule has 0 saturated carbocycles. The number of likely N-dealkylation sites (tertiary alicyclic amines) is 2. The zero-order chi connectivity index (χ0) is 43.5. The number of carbonyl (C=O) groups is 3. The van der Waals surface area contributed by atoms with Gasteiger partial charge in [0.05, 0.1) is 43.0 Å². The summed E-state index contributed by atoms with van der Waals surface area (Å²) in [6, 6.07) is 27.5. The number of carbonyl (C=O) groups excluding carboxylic acids is 3. The molecule has 62 heavy (non-hydrogen) atoms. The van der Waals surface area contributed by atoms with E-state index in [0.29, 0.717) is 12.5 Å². The fraction of sp³-hybridized carbons (Fsp3) is 0.460. The molecule has 5 heterocycles. The van der Waals surface area contributed by atoms with Crippen molar-refractivity contribution < 1.29 is 19.1 Å². The van der Waals surface area contributed by atoms with Crippen molar-refractivity contribution in [3.05, 3.63) is 114 Å². The third-order valence-electron chi connectivity index (χ3n) is 13.5. The Morgan fingerprint density at radius 3 is 1.68 bits per heavy atom. The zero-order valence-electron chi connectivity index (χ0n) is 37.1. The predicted octanol–water partition coefficient (Wildman–Crippen LogP) is 8.76. The van der Waals surface area contributed by atoms with Crippen molar-refractivity contribution in [1.82, 2.24) is 35.1 Å². The highest BCUT2D eigenvalue weighted by atomic mass is 16.5. The molecule has 3 fully saturated rings. The molecule has 2 aromatic heterocycles. The summed E-state index contributed by atoms with van der Waals surface area (Å²) >= 11 is 0. The van der Waals surface area contributed by atoms with Crippen molar-refractivity contribution in [3.8, 4) is 22.5 Å². The molecule has 0 bridgehead atoms. The summed E-state index contributed by atoms with van der Waals surface area (Å²) in [7, 11) is 1.31. The van der Waals surface area contributed by atoms with Crippen LogP contribution in [0.4, 0.5) is 10.5 Å². The van der Waals surface area contributed by atoms with Crippen LogP contribution in [0.3, 0.4) is 0 Å². The van der Waals surface area contributed by atoms with Gasteiger partial charge >= 0.3 is 6.09 Å².